The van der Waals surface area contributed by atoms with Crippen LogP contribution in [0.4, 0.5) is 11.5 Å². The zero-order valence-corrected chi connectivity index (χ0v) is 18.5. The number of aromatic nitrogens is 1. The summed E-state index contributed by atoms with van der Waals surface area (Å²) >= 11 is 0. The molecule has 0 bridgehead atoms. The third-order valence-electron chi connectivity index (χ3n) is 5.45. The van der Waals surface area contributed by atoms with Gasteiger partial charge in [0.05, 0.1) is 38.2 Å². The van der Waals surface area contributed by atoms with Gasteiger partial charge in [0.15, 0.2) is 5.82 Å². The molecule has 10 heteroatoms. The quantitative estimate of drug-likeness (QED) is 0.432. The van der Waals surface area contributed by atoms with Crippen LogP contribution in [0.3, 0.4) is 0 Å². The molecular formula is C23H29N5O5. The summed E-state index contributed by atoms with van der Waals surface area (Å²) in [5.74, 6) is 0.0980. The maximum absolute atomic E-state index is 11.2. The van der Waals surface area contributed by atoms with Crippen molar-refractivity contribution in [1.29, 1.82) is 0 Å². The first-order valence-corrected chi connectivity index (χ1v) is 11.1. The number of anilines is 2. The Morgan fingerprint density at radius 3 is 2.64 bits per heavy atom. The van der Waals surface area contributed by atoms with Crippen LogP contribution in [0.15, 0.2) is 41.5 Å². The maximum atomic E-state index is 11.2. The van der Waals surface area contributed by atoms with E-state index < -0.39 is 5.97 Å². The highest BCUT2D eigenvalue weighted by atomic mass is 16.5. The average Bonchev–Trinajstić information content (AvgIpc) is 2.85. The highest BCUT2D eigenvalue weighted by Crippen LogP contribution is 2.25. The number of hydrogen-bond acceptors (Lipinski definition) is 9. The van der Waals surface area contributed by atoms with Gasteiger partial charge in [-0.3, -0.25) is 10.3 Å². The fraction of sp³-hybridized carbons (Fsp3) is 0.435. The van der Waals surface area contributed by atoms with Gasteiger partial charge in [0, 0.05) is 50.5 Å². The zero-order valence-electron chi connectivity index (χ0n) is 18.5. The van der Waals surface area contributed by atoms with Gasteiger partial charge in [-0.15, -0.1) is 0 Å². The van der Waals surface area contributed by atoms with Crippen molar-refractivity contribution in [3.8, 4) is 5.88 Å². The molecule has 2 aliphatic rings. The lowest BCUT2D eigenvalue weighted by molar-refractivity contribution is 0.0320. The Morgan fingerprint density at radius 1 is 1.12 bits per heavy atom. The Bertz CT molecular complexity index is 958. The van der Waals surface area contributed by atoms with Crippen LogP contribution in [0.25, 0.3) is 0 Å². The van der Waals surface area contributed by atoms with Gasteiger partial charge in [-0.25, -0.2) is 4.79 Å². The first-order chi connectivity index (χ1) is 16.2. The standard InChI is InChI=1S/C23H29N5O5/c29-23(30)19-3-1-2-18(14-19)17-24-26-21-15-20(28-7-11-32-12-8-28)16-22(25-21)33-13-6-27-4-9-31-10-5-27/h1-3,14-17H,4-13H2,(H,25,26)(H,29,30). The van der Waals surface area contributed by atoms with Crippen LogP contribution in [0.5, 0.6) is 5.88 Å². The van der Waals surface area contributed by atoms with Gasteiger partial charge in [0.2, 0.25) is 5.88 Å². The summed E-state index contributed by atoms with van der Waals surface area (Å²) in [6.45, 7) is 7.62. The van der Waals surface area contributed by atoms with E-state index in [1.54, 1.807) is 30.5 Å². The zero-order chi connectivity index (χ0) is 22.9. The number of carboxylic acids is 1. The minimum absolute atomic E-state index is 0.211. The van der Waals surface area contributed by atoms with Crippen molar-refractivity contribution in [1.82, 2.24) is 9.88 Å². The van der Waals surface area contributed by atoms with Crippen molar-refractivity contribution in [3.63, 3.8) is 0 Å². The van der Waals surface area contributed by atoms with Crippen molar-refractivity contribution in [2.45, 2.75) is 0 Å². The van der Waals surface area contributed by atoms with E-state index in [-0.39, 0.29) is 5.56 Å². The number of carbonyl (C=O) groups is 1. The number of pyridine rings is 1. The SMILES string of the molecule is O=C(O)c1cccc(C=NNc2cc(N3CCOCC3)cc(OCCN3CCOCC3)n2)c1. The predicted octanol–water partition coefficient (Wildman–Crippen LogP) is 1.77. The molecule has 0 unspecified atom stereocenters. The lowest BCUT2D eigenvalue weighted by atomic mass is 10.1. The molecule has 2 saturated heterocycles. The molecule has 2 aliphatic heterocycles. The smallest absolute Gasteiger partial charge is 0.335 e. The molecule has 176 valence electrons. The number of hydrogen-bond donors (Lipinski definition) is 2. The Balaban J connectivity index is 1.43. The summed E-state index contributed by atoms with van der Waals surface area (Å²) in [6.07, 6.45) is 1.56. The number of benzene rings is 1. The van der Waals surface area contributed by atoms with Crippen LogP contribution in [-0.4, -0.2) is 92.9 Å². The minimum Gasteiger partial charge on any atom is -0.478 e. The second-order valence-electron chi connectivity index (χ2n) is 7.75. The molecule has 0 amide bonds. The molecule has 2 N–H and O–H groups in total. The van der Waals surface area contributed by atoms with Crippen molar-refractivity contribution in [2.24, 2.45) is 5.10 Å². The molecule has 2 aromatic rings. The van der Waals surface area contributed by atoms with E-state index >= 15 is 0 Å². The van der Waals surface area contributed by atoms with Gasteiger partial charge >= 0.3 is 5.97 Å². The third-order valence-corrected chi connectivity index (χ3v) is 5.45. The lowest BCUT2D eigenvalue weighted by Gasteiger charge is -2.29. The van der Waals surface area contributed by atoms with Gasteiger partial charge < -0.3 is 24.2 Å². The largest absolute Gasteiger partial charge is 0.478 e. The van der Waals surface area contributed by atoms with Crippen LogP contribution < -0.4 is 15.1 Å². The Hall–Kier alpha value is -3.21. The molecule has 33 heavy (non-hydrogen) atoms. The third kappa shape index (κ3) is 6.88. The molecule has 0 spiro atoms. The summed E-state index contributed by atoms with van der Waals surface area (Å²) in [7, 11) is 0. The number of morpholine rings is 2. The average molecular weight is 456 g/mol. The lowest BCUT2D eigenvalue weighted by Crippen LogP contribution is -2.38. The van der Waals surface area contributed by atoms with Crippen molar-refractivity contribution in [2.75, 3.05) is 76.1 Å². The van der Waals surface area contributed by atoms with Gasteiger partial charge in [0.1, 0.15) is 6.61 Å². The Kier molecular flexibility index (Phi) is 8.07. The molecule has 0 saturated carbocycles. The fourth-order valence-corrected chi connectivity index (χ4v) is 3.66. The number of carboxylic acid groups (broad SMARTS) is 1. The van der Waals surface area contributed by atoms with E-state index in [0.717, 1.165) is 51.6 Å². The topological polar surface area (TPSA) is 109 Å². The highest BCUT2D eigenvalue weighted by molar-refractivity contribution is 5.91. The van der Waals surface area contributed by atoms with Crippen molar-refractivity contribution in [3.05, 3.63) is 47.5 Å². The van der Waals surface area contributed by atoms with Crippen LogP contribution in [-0.2, 0) is 9.47 Å². The molecule has 3 heterocycles. The fourth-order valence-electron chi connectivity index (χ4n) is 3.66. The number of rotatable bonds is 9. The summed E-state index contributed by atoms with van der Waals surface area (Å²) in [5, 5.41) is 13.4. The van der Waals surface area contributed by atoms with Gasteiger partial charge in [-0.05, 0) is 17.7 Å². The van der Waals surface area contributed by atoms with Crippen LogP contribution in [0.1, 0.15) is 15.9 Å². The molecule has 0 atom stereocenters. The van der Waals surface area contributed by atoms with E-state index in [1.807, 2.05) is 12.1 Å². The molecule has 1 aromatic carbocycles. The van der Waals surface area contributed by atoms with E-state index in [9.17, 15) is 4.79 Å². The molecule has 10 nitrogen and oxygen atoms in total. The first-order valence-electron chi connectivity index (χ1n) is 11.1. The van der Waals surface area contributed by atoms with Crippen LogP contribution in [0.2, 0.25) is 0 Å². The maximum Gasteiger partial charge on any atom is 0.335 e. The first kappa shape index (κ1) is 23.0. The monoisotopic (exact) mass is 455 g/mol. The van der Waals surface area contributed by atoms with E-state index in [1.165, 1.54) is 0 Å². The Morgan fingerprint density at radius 2 is 1.88 bits per heavy atom. The van der Waals surface area contributed by atoms with E-state index in [0.29, 0.717) is 37.1 Å². The summed E-state index contributed by atoms with van der Waals surface area (Å²) in [4.78, 5) is 20.2. The van der Waals surface area contributed by atoms with Crippen LogP contribution >= 0.6 is 0 Å². The normalized spacial score (nSPS) is 17.3. The molecule has 0 radical (unpaired) electrons. The molecule has 4 rings (SSSR count). The minimum atomic E-state index is -0.975. The summed E-state index contributed by atoms with van der Waals surface area (Å²) < 4.78 is 16.8. The number of nitrogens with zero attached hydrogens (tertiary/aromatic N) is 4. The van der Waals surface area contributed by atoms with Gasteiger partial charge in [-0.2, -0.15) is 10.1 Å². The summed E-state index contributed by atoms with van der Waals surface area (Å²) in [6, 6.07) is 10.4. The number of aromatic carboxylic acids is 1. The van der Waals surface area contributed by atoms with E-state index in [2.05, 4.69) is 25.3 Å². The Labute approximate surface area is 192 Å². The summed E-state index contributed by atoms with van der Waals surface area (Å²) in [5.41, 5.74) is 4.82. The van der Waals surface area contributed by atoms with E-state index in [4.69, 9.17) is 19.3 Å². The number of ether oxygens (including phenoxy) is 3. The molecule has 1 aromatic heterocycles. The van der Waals surface area contributed by atoms with Crippen LogP contribution in [0, 0.1) is 0 Å². The number of nitrogens with one attached hydrogen (secondary N) is 1. The van der Waals surface area contributed by atoms with Gasteiger partial charge in [-0.1, -0.05) is 12.1 Å². The highest BCUT2D eigenvalue weighted by Gasteiger charge is 2.15. The number of hydrazone groups is 1. The van der Waals surface area contributed by atoms with Crippen molar-refractivity contribution >= 4 is 23.7 Å². The predicted molar refractivity (Wildman–Crippen MR) is 125 cm³/mol. The molecule has 0 aliphatic carbocycles. The molecule has 2 fully saturated rings. The van der Waals surface area contributed by atoms with Gasteiger partial charge in [0.25, 0.3) is 0 Å². The molecular weight excluding hydrogens is 426 g/mol. The second-order valence-corrected chi connectivity index (χ2v) is 7.75. The second kappa shape index (κ2) is 11.6. The van der Waals surface area contributed by atoms with Crippen molar-refractivity contribution < 1.29 is 24.1 Å².